The second kappa shape index (κ2) is 7.24. The summed E-state index contributed by atoms with van der Waals surface area (Å²) in [6.07, 6.45) is 1.93. The summed E-state index contributed by atoms with van der Waals surface area (Å²) in [7, 11) is -5.37. The number of hydrogen-bond donors (Lipinski definition) is 2. The minimum Gasteiger partial charge on any atom is -0.480 e. The lowest BCUT2D eigenvalue weighted by Crippen LogP contribution is -2.50. The molecule has 0 saturated carbocycles. The minimum atomic E-state index is -3.87. The van der Waals surface area contributed by atoms with E-state index in [0.29, 0.717) is 0 Å². The zero-order valence-corrected chi connectivity index (χ0v) is 16.1. The molecule has 1 atom stereocenters. The summed E-state index contributed by atoms with van der Waals surface area (Å²) in [6.45, 7) is 1.36. The van der Waals surface area contributed by atoms with Crippen LogP contribution in [-0.2, 0) is 15.6 Å². The van der Waals surface area contributed by atoms with Gasteiger partial charge in [-0.25, -0.2) is 37.1 Å². The summed E-state index contributed by atoms with van der Waals surface area (Å²) in [5.74, 6) is -2.96. The molecule has 13 heteroatoms. The number of methoxy groups -OCH3 is 1. The van der Waals surface area contributed by atoms with Crippen LogP contribution in [-0.4, -0.2) is 59.4 Å². The second-order valence-corrected chi connectivity index (χ2v) is 8.29. The maximum atomic E-state index is 14.5. The van der Waals surface area contributed by atoms with E-state index in [1.165, 1.54) is 14.0 Å². The monoisotopic (exact) mass is 426 g/mol. The van der Waals surface area contributed by atoms with E-state index in [4.69, 9.17) is 9.85 Å². The summed E-state index contributed by atoms with van der Waals surface area (Å²) >= 11 is 0. The Labute approximate surface area is 170 Å². The molecule has 0 aromatic carbocycles. The lowest BCUT2D eigenvalue weighted by molar-refractivity contribution is 0.102. The van der Waals surface area contributed by atoms with Crippen LogP contribution in [0.3, 0.4) is 0 Å². The highest BCUT2D eigenvalue weighted by Crippen LogP contribution is 2.32. The van der Waals surface area contributed by atoms with E-state index in [2.05, 4.69) is 30.0 Å². The van der Waals surface area contributed by atoms with Crippen LogP contribution in [0.4, 0.5) is 10.2 Å². The molecule has 0 saturated heterocycles. The molecule has 2 aromatic rings. The molecular formula is C16H18FN7O4S. The number of amides is 1. The fourth-order valence-electron chi connectivity index (χ4n) is 2.63. The third-order valence-electron chi connectivity index (χ3n) is 4.13. The number of anilines is 1. The van der Waals surface area contributed by atoms with Crippen molar-refractivity contribution >= 4 is 27.7 Å². The third-order valence-corrected chi connectivity index (χ3v) is 6.08. The van der Waals surface area contributed by atoms with Gasteiger partial charge >= 0.3 is 0 Å². The molecule has 3 rings (SSSR count). The van der Waals surface area contributed by atoms with Gasteiger partial charge in [-0.05, 0) is 19.1 Å². The number of guanidine groups is 1. The van der Waals surface area contributed by atoms with E-state index in [0.717, 1.165) is 28.8 Å². The molecule has 0 unspecified atom stereocenters. The van der Waals surface area contributed by atoms with E-state index in [-0.39, 0.29) is 29.0 Å². The van der Waals surface area contributed by atoms with Crippen molar-refractivity contribution in [1.82, 2.24) is 19.3 Å². The highest BCUT2D eigenvalue weighted by Gasteiger charge is 2.43. The number of sulfonamides is 1. The zero-order valence-electron chi connectivity index (χ0n) is 18.2. The number of carbonyl (C=O) groups excluding carboxylic acids is 1. The lowest BCUT2D eigenvalue weighted by atomic mass is 10.00. The Morgan fingerprint density at radius 1 is 1.41 bits per heavy atom. The average Bonchev–Trinajstić information content (AvgIpc) is 2.66. The molecule has 0 spiro atoms. The Kier molecular flexibility index (Phi) is 4.14. The van der Waals surface area contributed by atoms with Crippen LogP contribution < -0.4 is 15.8 Å². The molecule has 29 heavy (non-hydrogen) atoms. The van der Waals surface area contributed by atoms with Crippen molar-refractivity contribution in [3.8, 4) is 5.88 Å². The summed E-state index contributed by atoms with van der Waals surface area (Å²) in [5.41, 5.74) is 3.51. The Morgan fingerprint density at radius 3 is 2.79 bits per heavy atom. The van der Waals surface area contributed by atoms with Crippen LogP contribution in [0, 0.1) is 5.82 Å². The van der Waals surface area contributed by atoms with Gasteiger partial charge in [0.15, 0.2) is 0 Å². The summed E-state index contributed by atoms with van der Waals surface area (Å²) in [4.78, 5) is 28.0. The van der Waals surface area contributed by atoms with Gasteiger partial charge in [0, 0.05) is 7.05 Å². The Balaban J connectivity index is 1.86. The average molecular weight is 426 g/mol. The highest BCUT2D eigenvalue weighted by atomic mass is 32.2. The maximum Gasteiger partial charge on any atom is 0.277 e. The number of nitrogens with two attached hydrogens (primary N) is 1. The van der Waals surface area contributed by atoms with E-state index < -0.39 is 40.1 Å². The first-order valence-electron chi connectivity index (χ1n) is 9.52. The van der Waals surface area contributed by atoms with Crippen molar-refractivity contribution in [3.63, 3.8) is 0 Å². The maximum absolute atomic E-state index is 14.5. The standard InChI is InChI=1S/C16H18FN7O4S/c1-16(8-29(26,27)24(2)15(18)23-16)13-9(17)4-5-11(21-13)22-14(25)10-6-20-12(28-3)7-19-10/h4-7H,8H2,1-3H3,(H2,18,23)(H,21,22,25)/t16-/m0/s1/i3D3. The van der Waals surface area contributed by atoms with Crippen molar-refractivity contribution in [2.75, 3.05) is 25.2 Å². The minimum absolute atomic E-state index is 0.109. The summed E-state index contributed by atoms with van der Waals surface area (Å²) in [5, 5.41) is 2.38. The van der Waals surface area contributed by atoms with E-state index in [1.807, 2.05) is 0 Å². The highest BCUT2D eigenvalue weighted by molar-refractivity contribution is 7.89. The van der Waals surface area contributed by atoms with Crippen LogP contribution >= 0.6 is 0 Å². The smallest absolute Gasteiger partial charge is 0.277 e. The fourth-order valence-corrected chi connectivity index (χ4v) is 4.06. The molecule has 0 bridgehead atoms. The van der Waals surface area contributed by atoms with Crippen LogP contribution in [0.2, 0.25) is 0 Å². The molecule has 1 aliphatic heterocycles. The molecule has 0 radical (unpaired) electrons. The molecular weight excluding hydrogens is 405 g/mol. The summed E-state index contributed by atoms with van der Waals surface area (Å²) < 4.78 is 65.6. The quantitative estimate of drug-likeness (QED) is 0.697. The predicted octanol–water partition coefficient (Wildman–Crippen LogP) is 0.0767. The molecule has 1 amide bonds. The Bertz CT molecular complexity index is 1190. The van der Waals surface area contributed by atoms with Crippen molar-refractivity contribution in [3.05, 3.63) is 41.7 Å². The zero-order chi connectivity index (χ0) is 23.9. The number of aliphatic imine (C=N–C) groups is 1. The number of nitrogens with one attached hydrogen (secondary N) is 1. The van der Waals surface area contributed by atoms with Crippen molar-refractivity contribution in [2.24, 2.45) is 10.7 Å². The Morgan fingerprint density at radius 2 is 2.17 bits per heavy atom. The van der Waals surface area contributed by atoms with Gasteiger partial charge in [-0.2, -0.15) is 0 Å². The Hall–Kier alpha value is -3.35. The first-order valence-corrected chi connectivity index (χ1v) is 9.62. The molecule has 0 aliphatic carbocycles. The van der Waals surface area contributed by atoms with Gasteiger partial charge in [0.2, 0.25) is 21.9 Å². The van der Waals surface area contributed by atoms with Crippen LogP contribution in [0.25, 0.3) is 0 Å². The first kappa shape index (κ1) is 16.6. The van der Waals surface area contributed by atoms with Crippen LogP contribution in [0.15, 0.2) is 29.5 Å². The van der Waals surface area contributed by atoms with Crippen LogP contribution in [0.5, 0.6) is 5.88 Å². The largest absolute Gasteiger partial charge is 0.480 e. The van der Waals surface area contributed by atoms with E-state index >= 15 is 0 Å². The number of nitrogens with zero attached hydrogens (tertiary/aromatic N) is 5. The molecule has 3 heterocycles. The van der Waals surface area contributed by atoms with Gasteiger partial charge in [-0.1, -0.05) is 0 Å². The van der Waals surface area contributed by atoms with Gasteiger partial charge in [0.05, 0.1) is 23.5 Å². The van der Waals surface area contributed by atoms with Gasteiger partial charge in [-0.15, -0.1) is 0 Å². The number of hydrogen-bond acceptors (Lipinski definition) is 9. The first-order chi connectivity index (χ1) is 14.7. The summed E-state index contributed by atoms with van der Waals surface area (Å²) in [6, 6.07) is 2.16. The lowest BCUT2D eigenvalue weighted by Gasteiger charge is -2.33. The molecule has 1 aliphatic rings. The fraction of sp³-hybridized carbons (Fsp3) is 0.312. The number of halogens is 1. The SMILES string of the molecule is [2H]C([2H])([2H])Oc1cnc(C(=O)Nc2ccc(F)c([C@]3(C)CS(=O)(=O)N(C)C(N)=N3)n2)cn1. The van der Waals surface area contributed by atoms with Gasteiger partial charge in [0.1, 0.15) is 34.3 Å². The number of rotatable bonds is 4. The molecule has 3 N–H and O–H groups in total. The predicted molar refractivity (Wildman–Crippen MR) is 101 cm³/mol. The topological polar surface area (TPSA) is 153 Å². The molecule has 11 nitrogen and oxygen atoms in total. The third kappa shape index (κ3) is 3.94. The van der Waals surface area contributed by atoms with E-state index in [1.54, 1.807) is 0 Å². The number of pyridine rings is 1. The second-order valence-electron chi connectivity index (χ2n) is 6.29. The van der Waals surface area contributed by atoms with Crippen molar-refractivity contribution in [2.45, 2.75) is 12.5 Å². The van der Waals surface area contributed by atoms with Gasteiger partial charge in [0.25, 0.3) is 5.91 Å². The van der Waals surface area contributed by atoms with Crippen LogP contribution in [0.1, 0.15) is 27.2 Å². The normalized spacial score (nSPS) is 22.7. The van der Waals surface area contributed by atoms with E-state index in [9.17, 15) is 17.6 Å². The molecule has 154 valence electrons. The number of carbonyl (C=O) groups is 1. The number of ether oxygens (including phenoxy) is 1. The van der Waals surface area contributed by atoms with Gasteiger partial charge in [-0.3, -0.25) is 4.79 Å². The van der Waals surface area contributed by atoms with Crippen molar-refractivity contribution < 1.29 is 26.5 Å². The van der Waals surface area contributed by atoms with Crippen molar-refractivity contribution in [1.29, 1.82) is 0 Å². The molecule has 2 aromatic heterocycles. The van der Waals surface area contributed by atoms with Gasteiger partial charge < -0.3 is 15.8 Å². The molecule has 0 fully saturated rings. The number of aromatic nitrogens is 3.